The van der Waals surface area contributed by atoms with Gasteiger partial charge in [-0.3, -0.25) is 4.79 Å². The van der Waals surface area contributed by atoms with Gasteiger partial charge in [0.05, 0.1) is 11.5 Å². The molecule has 1 heterocycles. The lowest BCUT2D eigenvalue weighted by Gasteiger charge is -2.06. The number of nitrogens with one attached hydrogen (secondary N) is 1. The molecule has 0 aliphatic heterocycles. The number of amides is 1. The molecule has 0 aliphatic carbocycles. The van der Waals surface area contributed by atoms with Gasteiger partial charge < -0.3 is 14.8 Å². The van der Waals surface area contributed by atoms with Gasteiger partial charge in [-0.05, 0) is 54.8 Å². The van der Waals surface area contributed by atoms with Gasteiger partial charge in [0.1, 0.15) is 18.1 Å². The Kier molecular flexibility index (Phi) is 5.69. The van der Waals surface area contributed by atoms with E-state index in [-0.39, 0.29) is 5.91 Å². The molecule has 0 saturated heterocycles. The lowest BCUT2D eigenvalue weighted by molar-refractivity contribution is 0.103. The predicted molar refractivity (Wildman–Crippen MR) is 101 cm³/mol. The fraction of sp³-hybridized carbons (Fsp3) is 0.150. The predicted octanol–water partition coefficient (Wildman–Crippen LogP) is 4.98. The van der Waals surface area contributed by atoms with Crippen LogP contribution in [0.1, 0.15) is 22.2 Å². The Morgan fingerprint density at radius 2 is 1.72 bits per heavy atom. The summed E-state index contributed by atoms with van der Waals surface area (Å²) in [4.78, 5) is 13.0. The summed E-state index contributed by atoms with van der Waals surface area (Å²) in [5.74, 6) is 1.48. The SMILES string of the molecule is CCOc1ccc(NC(=O)c2cc(COc3ccccc3)cs2)cc1. The van der Waals surface area contributed by atoms with Crippen LogP contribution in [0, 0.1) is 0 Å². The zero-order chi connectivity index (χ0) is 17.5. The lowest BCUT2D eigenvalue weighted by Crippen LogP contribution is -2.10. The van der Waals surface area contributed by atoms with Crippen LogP contribution in [0.25, 0.3) is 0 Å². The van der Waals surface area contributed by atoms with Gasteiger partial charge in [0.2, 0.25) is 0 Å². The first-order valence-corrected chi connectivity index (χ1v) is 8.92. The van der Waals surface area contributed by atoms with E-state index < -0.39 is 0 Å². The molecule has 4 nitrogen and oxygen atoms in total. The number of carbonyl (C=O) groups is 1. The van der Waals surface area contributed by atoms with Crippen LogP contribution in [0.3, 0.4) is 0 Å². The van der Waals surface area contributed by atoms with E-state index in [1.165, 1.54) is 11.3 Å². The van der Waals surface area contributed by atoms with Crippen molar-refractivity contribution in [2.75, 3.05) is 11.9 Å². The van der Waals surface area contributed by atoms with Crippen molar-refractivity contribution in [3.05, 3.63) is 76.5 Å². The van der Waals surface area contributed by atoms with Gasteiger partial charge in [-0.2, -0.15) is 0 Å². The molecular weight excluding hydrogens is 334 g/mol. The molecule has 1 amide bonds. The Balaban J connectivity index is 1.56. The van der Waals surface area contributed by atoms with Gasteiger partial charge in [-0.1, -0.05) is 18.2 Å². The van der Waals surface area contributed by atoms with E-state index in [0.29, 0.717) is 18.1 Å². The number of hydrogen-bond donors (Lipinski definition) is 1. The first kappa shape index (κ1) is 17.0. The Labute approximate surface area is 151 Å². The Hall–Kier alpha value is -2.79. The smallest absolute Gasteiger partial charge is 0.265 e. The van der Waals surface area contributed by atoms with E-state index in [1.807, 2.05) is 73.0 Å². The summed E-state index contributed by atoms with van der Waals surface area (Å²) in [6.07, 6.45) is 0. The van der Waals surface area contributed by atoms with Crippen LogP contribution in [-0.2, 0) is 6.61 Å². The molecule has 5 heteroatoms. The van der Waals surface area contributed by atoms with Crippen molar-refractivity contribution in [2.45, 2.75) is 13.5 Å². The molecule has 0 fully saturated rings. The standard InChI is InChI=1S/C20H19NO3S/c1-2-23-18-10-8-16(9-11-18)21-20(22)19-12-15(14-25-19)13-24-17-6-4-3-5-7-17/h3-12,14H,2,13H2,1H3,(H,21,22). The molecule has 0 radical (unpaired) electrons. The van der Waals surface area contributed by atoms with Crippen LogP contribution >= 0.6 is 11.3 Å². The normalized spacial score (nSPS) is 10.3. The highest BCUT2D eigenvalue weighted by Gasteiger charge is 2.10. The molecule has 2 aromatic carbocycles. The third kappa shape index (κ3) is 4.84. The highest BCUT2D eigenvalue weighted by atomic mass is 32.1. The molecular formula is C20H19NO3S. The van der Waals surface area contributed by atoms with Crippen LogP contribution in [0.5, 0.6) is 11.5 Å². The maximum absolute atomic E-state index is 12.3. The summed E-state index contributed by atoms with van der Waals surface area (Å²) < 4.78 is 11.1. The molecule has 0 bridgehead atoms. The van der Waals surface area contributed by atoms with Crippen LogP contribution < -0.4 is 14.8 Å². The molecule has 0 spiro atoms. The van der Waals surface area contributed by atoms with E-state index in [0.717, 1.165) is 22.7 Å². The van der Waals surface area contributed by atoms with Crippen molar-refractivity contribution < 1.29 is 14.3 Å². The number of carbonyl (C=O) groups excluding carboxylic acids is 1. The van der Waals surface area contributed by atoms with Gasteiger partial charge >= 0.3 is 0 Å². The van der Waals surface area contributed by atoms with E-state index in [9.17, 15) is 4.79 Å². The average molecular weight is 353 g/mol. The van der Waals surface area contributed by atoms with Crippen molar-refractivity contribution in [1.82, 2.24) is 0 Å². The quantitative estimate of drug-likeness (QED) is 0.652. The first-order chi connectivity index (χ1) is 12.2. The van der Waals surface area contributed by atoms with Crippen LogP contribution in [0.2, 0.25) is 0 Å². The van der Waals surface area contributed by atoms with E-state index >= 15 is 0 Å². The van der Waals surface area contributed by atoms with E-state index in [4.69, 9.17) is 9.47 Å². The largest absolute Gasteiger partial charge is 0.494 e. The number of thiophene rings is 1. The summed E-state index contributed by atoms with van der Waals surface area (Å²) in [5, 5.41) is 4.83. The monoisotopic (exact) mass is 353 g/mol. The summed E-state index contributed by atoms with van der Waals surface area (Å²) >= 11 is 1.41. The van der Waals surface area contributed by atoms with E-state index in [1.54, 1.807) is 0 Å². The third-order valence-electron chi connectivity index (χ3n) is 3.45. The van der Waals surface area contributed by atoms with Crippen LogP contribution in [0.15, 0.2) is 66.0 Å². The first-order valence-electron chi connectivity index (χ1n) is 8.04. The highest BCUT2D eigenvalue weighted by Crippen LogP contribution is 2.20. The van der Waals surface area contributed by atoms with Crippen molar-refractivity contribution in [3.8, 4) is 11.5 Å². The summed E-state index contributed by atoms with van der Waals surface area (Å²) in [5.41, 5.74) is 1.72. The molecule has 0 saturated carbocycles. The second-order valence-electron chi connectivity index (χ2n) is 5.33. The average Bonchev–Trinajstić information content (AvgIpc) is 3.12. The molecule has 1 N–H and O–H groups in total. The van der Waals surface area contributed by atoms with Gasteiger partial charge in [0.25, 0.3) is 5.91 Å². The zero-order valence-electron chi connectivity index (χ0n) is 13.9. The van der Waals surface area contributed by atoms with Gasteiger partial charge in [0.15, 0.2) is 0 Å². The molecule has 3 rings (SSSR count). The molecule has 1 aromatic heterocycles. The fourth-order valence-electron chi connectivity index (χ4n) is 2.25. The number of ether oxygens (including phenoxy) is 2. The van der Waals surface area contributed by atoms with Gasteiger partial charge in [-0.15, -0.1) is 11.3 Å². The number of benzene rings is 2. The fourth-order valence-corrected chi connectivity index (χ4v) is 3.04. The second kappa shape index (κ2) is 8.35. The molecule has 25 heavy (non-hydrogen) atoms. The van der Waals surface area contributed by atoms with Gasteiger partial charge in [0, 0.05) is 11.3 Å². The van der Waals surface area contributed by atoms with Crippen molar-refractivity contribution >= 4 is 22.9 Å². The van der Waals surface area contributed by atoms with E-state index in [2.05, 4.69) is 5.32 Å². The highest BCUT2D eigenvalue weighted by molar-refractivity contribution is 7.12. The summed E-state index contributed by atoms with van der Waals surface area (Å²) in [7, 11) is 0. The Morgan fingerprint density at radius 1 is 1.00 bits per heavy atom. The molecule has 0 unspecified atom stereocenters. The third-order valence-corrected chi connectivity index (χ3v) is 4.43. The van der Waals surface area contributed by atoms with Crippen molar-refractivity contribution in [3.63, 3.8) is 0 Å². The molecule has 0 aliphatic rings. The van der Waals surface area contributed by atoms with Crippen LogP contribution in [0.4, 0.5) is 5.69 Å². The summed E-state index contributed by atoms with van der Waals surface area (Å²) in [6.45, 7) is 3.00. The Morgan fingerprint density at radius 3 is 2.44 bits per heavy atom. The number of hydrogen-bond acceptors (Lipinski definition) is 4. The zero-order valence-corrected chi connectivity index (χ0v) is 14.7. The lowest BCUT2D eigenvalue weighted by atomic mass is 10.3. The minimum absolute atomic E-state index is 0.125. The number of para-hydroxylation sites is 1. The molecule has 0 atom stereocenters. The number of anilines is 1. The molecule has 128 valence electrons. The Bertz CT molecular complexity index is 812. The summed E-state index contributed by atoms with van der Waals surface area (Å²) in [6, 6.07) is 18.8. The second-order valence-corrected chi connectivity index (χ2v) is 6.24. The van der Waals surface area contributed by atoms with Crippen molar-refractivity contribution in [1.29, 1.82) is 0 Å². The minimum atomic E-state index is -0.125. The molecule has 3 aromatic rings. The topological polar surface area (TPSA) is 47.6 Å². The minimum Gasteiger partial charge on any atom is -0.494 e. The number of rotatable bonds is 7. The van der Waals surface area contributed by atoms with Crippen molar-refractivity contribution in [2.24, 2.45) is 0 Å². The van der Waals surface area contributed by atoms with Gasteiger partial charge in [-0.25, -0.2) is 0 Å². The van der Waals surface area contributed by atoms with Crippen LogP contribution in [-0.4, -0.2) is 12.5 Å². The maximum atomic E-state index is 12.3. The maximum Gasteiger partial charge on any atom is 0.265 e.